The second-order valence-corrected chi connectivity index (χ2v) is 9.93. The smallest absolute Gasteiger partial charge is 0.465 e. The monoisotopic (exact) mass is 626 g/mol. The molecule has 2 aliphatic rings. The molecule has 0 aliphatic heterocycles. The molecule has 2 fully saturated rings. The fraction of sp³-hybridized carbons (Fsp3) is 0.345. The Morgan fingerprint density at radius 3 is 1.73 bits per heavy atom. The number of alkyl halides is 6. The molecule has 0 bridgehead atoms. The maximum Gasteiger partial charge on any atom is 0.573 e. The normalized spacial score (nSPS) is 14.9. The number of methoxy groups -OCH3 is 1. The molecule has 0 unspecified atom stereocenters. The number of aliphatic hydroxyl groups is 1. The molecule has 0 amide bonds. The van der Waals surface area contributed by atoms with E-state index in [0.29, 0.717) is 17.1 Å². The van der Waals surface area contributed by atoms with Gasteiger partial charge in [-0.3, -0.25) is 0 Å². The van der Waals surface area contributed by atoms with Crippen molar-refractivity contribution < 1.29 is 59.5 Å². The van der Waals surface area contributed by atoms with Gasteiger partial charge < -0.3 is 28.4 Å². The van der Waals surface area contributed by atoms with Crippen LogP contribution in [0.15, 0.2) is 57.6 Å². The fourth-order valence-corrected chi connectivity index (χ4v) is 4.51. The Kier molecular flexibility index (Phi) is 8.59. The maximum atomic E-state index is 12.5. The molecule has 44 heavy (non-hydrogen) atoms. The first-order chi connectivity index (χ1) is 20.9. The van der Waals surface area contributed by atoms with Crippen molar-refractivity contribution in [3.63, 3.8) is 0 Å². The summed E-state index contributed by atoms with van der Waals surface area (Å²) in [6, 6.07) is 11.1. The van der Waals surface area contributed by atoms with Crippen LogP contribution in [0.1, 0.15) is 65.0 Å². The Morgan fingerprint density at radius 2 is 1.25 bits per heavy atom. The Bertz CT molecular complexity index is 1620. The van der Waals surface area contributed by atoms with E-state index in [1.54, 1.807) is 6.07 Å². The van der Waals surface area contributed by atoms with Crippen LogP contribution in [-0.4, -0.2) is 41.2 Å². The van der Waals surface area contributed by atoms with Gasteiger partial charge in [0.2, 0.25) is 0 Å². The molecule has 2 aliphatic carbocycles. The van der Waals surface area contributed by atoms with E-state index in [2.05, 4.69) is 19.8 Å². The minimum atomic E-state index is -4.86. The van der Waals surface area contributed by atoms with Gasteiger partial charge in [0.1, 0.15) is 34.2 Å². The standard InChI is InChI=1S/C15H12F3NO4.C14H12F3NO3/c1-21-14(20)11-12(19-23-13(11)8-6-7-8)9-4-2-3-5-10(9)22-15(16,17)18;15-14(16,17)20-11-4-2-1-3-9(11)12-10(7-19)13(21-18-12)8-5-6-8/h2-5,8H,6-7H2,1H3;1-4,8,19H,5-7H2. The van der Waals surface area contributed by atoms with Gasteiger partial charge in [-0.25, -0.2) is 4.79 Å². The number of benzene rings is 2. The van der Waals surface area contributed by atoms with E-state index in [0.717, 1.165) is 31.7 Å². The summed E-state index contributed by atoms with van der Waals surface area (Å²) in [5, 5.41) is 17.1. The molecule has 2 aromatic carbocycles. The average Bonchev–Trinajstić information content (AvgIpc) is 3.91. The van der Waals surface area contributed by atoms with Crippen LogP contribution >= 0.6 is 0 Å². The van der Waals surface area contributed by atoms with E-state index in [1.165, 1.54) is 43.5 Å². The number of carbonyl (C=O) groups excluding carboxylic acids is 1. The molecule has 1 N–H and O–H groups in total. The first kappa shape index (κ1) is 30.9. The molecule has 0 radical (unpaired) electrons. The SMILES string of the molecule is COC(=O)c1c(-c2ccccc2OC(F)(F)F)noc1C1CC1.OCc1c(-c2ccccc2OC(F)(F)F)noc1C1CC1. The summed E-state index contributed by atoms with van der Waals surface area (Å²) in [5.74, 6) is -0.394. The third kappa shape index (κ3) is 7.15. The van der Waals surface area contributed by atoms with Crippen molar-refractivity contribution in [2.24, 2.45) is 0 Å². The van der Waals surface area contributed by atoms with Crippen molar-refractivity contribution in [2.45, 2.75) is 56.9 Å². The number of rotatable bonds is 8. The maximum absolute atomic E-state index is 12.5. The van der Waals surface area contributed by atoms with E-state index in [-0.39, 0.29) is 52.3 Å². The molecule has 0 spiro atoms. The zero-order chi connectivity index (χ0) is 31.6. The van der Waals surface area contributed by atoms with Gasteiger partial charge >= 0.3 is 18.7 Å². The summed E-state index contributed by atoms with van der Waals surface area (Å²) in [6.07, 6.45) is -6.12. The molecule has 2 saturated carbocycles. The quantitative estimate of drug-likeness (QED) is 0.157. The van der Waals surface area contributed by atoms with E-state index >= 15 is 0 Å². The first-order valence-electron chi connectivity index (χ1n) is 13.3. The van der Waals surface area contributed by atoms with Gasteiger partial charge in [0.15, 0.2) is 5.76 Å². The lowest BCUT2D eigenvalue weighted by atomic mass is 10.0. The number of hydrogen-bond donors (Lipinski definition) is 1. The topological polar surface area (TPSA) is 117 Å². The molecule has 234 valence electrons. The highest BCUT2D eigenvalue weighted by Crippen LogP contribution is 2.46. The van der Waals surface area contributed by atoms with Gasteiger partial charge in [0, 0.05) is 28.5 Å². The van der Waals surface area contributed by atoms with Gasteiger partial charge in [-0.2, -0.15) is 0 Å². The molecule has 0 atom stereocenters. The number of esters is 1. The van der Waals surface area contributed by atoms with E-state index < -0.39 is 24.4 Å². The average molecular weight is 627 g/mol. The van der Waals surface area contributed by atoms with Crippen LogP contribution in [0.3, 0.4) is 0 Å². The highest BCUT2D eigenvalue weighted by molar-refractivity contribution is 5.98. The third-order valence-electron chi connectivity index (χ3n) is 6.72. The van der Waals surface area contributed by atoms with Crippen LogP contribution in [0, 0.1) is 0 Å². The number of ether oxygens (including phenoxy) is 3. The van der Waals surface area contributed by atoms with Crippen LogP contribution in [0.2, 0.25) is 0 Å². The number of aliphatic hydroxyl groups excluding tert-OH is 1. The molecule has 2 heterocycles. The summed E-state index contributed by atoms with van der Waals surface area (Å²) in [7, 11) is 1.19. The number of aromatic nitrogens is 2. The van der Waals surface area contributed by atoms with E-state index in [4.69, 9.17) is 13.8 Å². The minimum absolute atomic E-state index is 0.0147. The number of hydrogen-bond acceptors (Lipinski definition) is 9. The van der Waals surface area contributed by atoms with E-state index in [9.17, 15) is 36.2 Å². The lowest BCUT2D eigenvalue weighted by Gasteiger charge is -2.12. The van der Waals surface area contributed by atoms with Gasteiger partial charge in [-0.05, 0) is 49.9 Å². The molecule has 0 saturated heterocycles. The van der Waals surface area contributed by atoms with Crippen LogP contribution in [0.5, 0.6) is 11.5 Å². The zero-order valence-electron chi connectivity index (χ0n) is 22.9. The molecule has 2 aromatic heterocycles. The molecule has 4 aromatic rings. The predicted molar refractivity (Wildman–Crippen MR) is 138 cm³/mol. The third-order valence-corrected chi connectivity index (χ3v) is 6.72. The van der Waals surface area contributed by atoms with Gasteiger partial charge in [0.05, 0.1) is 13.7 Å². The largest absolute Gasteiger partial charge is 0.573 e. The van der Waals surface area contributed by atoms with Crippen LogP contribution in [0.4, 0.5) is 26.3 Å². The van der Waals surface area contributed by atoms with Crippen molar-refractivity contribution >= 4 is 5.97 Å². The highest BCUT2D eigenvalue weighted by Gasteiger charge is 2.38. The number of para-hydroxylation sites is 2. The molecular formula is C29H24F6N2O7. The Balaban J connectivity index is 0.000000175. The van der Waals surface area contributed by atoms with Crippen molar-refractivity contribution in [1.29, 1.82) is 0 Å². The highest BCUT2D eigenvalue weighted by atomic mass is 19.4. The van der Waals surface area contributed by atoms with E-state index in [1.807, 2.05) is 0 Å². The Hall–Kier alpha value is -4.53. The Morgan fingerprint density at radius 1 is 0.795 bits per heavy atom. The molecule has 6 rings (SSSR count). The van der Waals surface area contributed by atoms with Crippen molar-refractivity contribution in [2.75, 3.05) is 7.11 Å². The second kappa shape index (κ2) is 12.2. The number of carbonyl (C=O) groups is 1. The number of nitrogens with zero attached hydrogens (tertiary/aromatic N) is 2. The van der Waals surface area contributed by atoms with Crippen LogP contribution in [-0.2, 0) is 11.3 Å². The zero-order valence-corrected chi connectivity index (χ0v) is 22.9. The van der Waals surface area contributed by atoms with Crippen LogP contribution < -0.4 is 9.47 Å². The van der Waals surface area contributed by atoms with Gasteiger partial charge in [0.25, 0.3) is 0 Å². The van der Waals surface area contributed by atoms with Crippen molar-refractivity contribution in [3.8, 4) is 34.0 Å². The fourth-order valence-electron chi connectivity index (χ4n) is 4.51. The second-order valence-electron chi connectivity index (χ2n) is 9.93. The first-order valence-corrected chi connectivity index (χ1v) is 13.3. The lowest BCUT2D eigenvalue weighted by Crippen LogP contribution is -2.17. The van der Waals surface area contributed by atoms with Gasteiger partial charge in [-0.1, -0.05) is 34.6 Å². The predicted octanol–water partition coefficient (Wildman–Crippen LogP) is 7.51. The summed E-state index contributed by atoms with van der Waals surface area (Å²) in [5.41, 5.74) is 0.817. The van der Waals surface area contributed by atoms with Crippen LogP contribution in [0.25, 0.3) is 22.5 Å². The number of halogens is 6. The summed E-state index contributed by atoms with van der Waals surface area (Å²) >= 11 is 0. The minimum Gasteiger partial charge on any atom is -0.465 e. The van der Waals surface area contributed by atoms with Gasteiger partial charge in [-0.15, -0.1) is 26.3 Å². The molecule has 9 nitrogen and oxygen atoms in total. The van der Waals surface area contributed by atoms with Crippen molar-refractivity contribution in [1.82, 2.24) is 10.3 Å². The lowest BCUT2D eigenvalue weighted by molar-refractivity contribution is -0.275. The Labute approximate surface area is 245 Å². The summed E-state index contributed by atoms with van der Waals surface area (Å²) in [4.78, 5) is 12.0. The summed E-state index contributed by atoms with van der Waals surface area (Å²) < 4.78 is 98.1. The summed E-state index contributed by atoms with van der Waals surface area (Å²) in [6.45, 7) is -0.342. The molecular weight excluding hydrogens is 602 g/mol. The molecule has 15 heteroatoms. The van der Waals surface area contributed by atoms with Crippen molar-refractivity contribution in [3.05, 3.63) is 71.2 Å².